The summed E-state index contributed by atoms with van der Waals surface area (Å²) < 4.78 is 5.48. The van der Waals surface area contributed by atoms with Crippen molar-refractivity contribution in [1.82, 2.24) is 5.32 Å². The van der Waals surface area contributed by atoms with Crippen LogP contribution < -0.4 is 15.8 Å². The van der Waals surface area contributed by atoms with E-state index in [9.17, 15) is 4.79 Å². The molecule has 1 atom stereocenters. The predicted molar refractivity (Wildman–Crippen MR) is 82.2 cm³/mol. The van der Waals surface area contributed by atoms with Crippen LogP contribution in [-0.4, -0.2) is 12.5 Å². The number of amides is 1. The summed E-state index contributed by atoms with van der Waals surface area (Å²) in [4.78, 5) is 12.4. The molecule has 0 saturated carbocycles. The Hall–Kier alpha value is -2.01. The molecule has 4 nitrogen and oxygen atoms in total. The van der Waals surface area contributed by atoms with Crippen LogP contribution in [0.3, 0.4) is 0 Å². The molecule has 5 heteroatoms. The molecule has 0 aliphatic rings. The predicted octanol–water partition coefficient (Wildman–Crippen LogP) is 3.22. The van der Waals surface area contributed by atoms with Crippen LogP contribution in [0.1, 0.15) is 35.8 Å². The SMILES string of the molecule is CCOc1c(N)cccc1C(=O)NC(C)c1ccsc1. The number of anilines is 1. The Kier molecular flexibility index (Phi) is 4.63. The van der Waals surface area contributed by atoms with Crippen LogP contribution in [0.15, 0.2) is 35.0 Å². The Morgan fingerprint density at radius 3 is 2.90 bits per heavy atom. The van der Waals surface area contributed by atoms with E-state index in [1.165, 1.54) is 0 Å². The Morgan fingerprint density at radius 2 is 2.25 bits per heavy atom. The summed E-state index contributed by atoms with van der Waals surface area (Å²) in [7, 11) is 0. The molecule has 1 aromatic heterocycles. The maximum atomic E-state index is 12.4. The number of thiophene rings is 1. The third kappa shape index (κ3) is 3.11. The van der Waals surface area contributed by atoms with Crippen LogP contribution in [0.4, 0.5) is 5.69 Å². The molecule has 1 unspecified atom stereocenters. The molecule has 1 heterocycles. The van der Waals surface area contributed by atoms with Gasteiger partial charge in [0.15, 0.2) is 5.75 Å². The highest BCUT2D eigenvalue weighted by Gasteiger charge is 2.17. The fourth-order valence-electron chi connectivity index (χ4n) is 1.92. The molecule has 2 aromatic rings. The summed E-state index contributed by atoms with van der Waals surface area (Å²) in [5.41, 5.74) is 7.90. The summed E-state index contributed by atoms with van der Waals surface area (Å²) in [6.45, 7) is 4.28. The number of ether oxygens (including phenoxy) is 1. The van der Waals surface area contributed by atoms with E-state index >= 15 is 0 Å². The van der Waals surface area contributed by atoms with Gasteiger partial charge >= 0.3 is 0 Å². The highest BCUT2D eigenvalue weighted by Crippen LogP contribution is 2.27. The molecule has 20 heavy (non-hydrogen) atoms. The lowest BCUT2D eigenvalue weighted by atomic mass is 10.1. The van der Waals surface area contributed by atoms with Crippen LogP contribution in [0.5, 0.6) is 5.75 Å². The number of hydrogen-bond acceptors (Lipinski definition) is 4. The summed E-state index contributed by atoms with van der Waals surface area (Å²) in [6, 6.07) is 7.14. The molecule has 2 rings (SSSR count). The van der Waals surface area contributed by atoms with Crippen molar-refractivity contribution in [1.29, 1.82) is 0 Å². The number of benzene rings is 1. The van der Waals surface area contributed by atoms with Gasteiger partial charge in [-0.15, -0.1) is 0 Å². The normalized spacial score (nSPS) is 11.9. The number of nitrogens with one attached hydrogen (secondary N) is 1. The number of nitrogen functional groups attached to an aromatic ring is 1. The van der Waals surface area contributed by atoms with E-state index in [-0.39, 0.29) is 11.9 Å². The van der Waals surface area contributed by atoms with Gasteiger partial charge in [0.05, 0.1) is 23.9 Å². The van der Waals surface area contributed by atoms with Gasteiger partial charge in [-0.3, -0.25) is 4.79 Å². The van der Waals surface area contributed by atoms with Crippen molar-refractivity contribution in [2.75, 3.05) is 12.3 Å². The first-order valence-electron chi connectivity index (χ1n) is 6.47. The Labute approximate surface area is 122 Å². The molecular weight excluding hydrogens is 272 g/mol. The second-order valence-corrected chi connectivity index (χ2v) is 5.19. The van der Waals surface area contributed by atoms with Gasteiger partial charge in [-0.2, -0.15) is 11.3 Å². The molecule has 1 amide bonds. The minimum absolute atomic E-state index is 0.0512. The number of carbonyl (C=O) groups is 1. The monoisotopic (exact) mass is 290 g/mol. The van der Waals surface area contributed by atoms with Gasteiger partial charge in [0.25, 0.3) is 5.91 Å². The van der Waals surface area contributed by atoms with E-state index in [4.69, 9.17) is 10.5 Å². The largest absolute Gasteiger partial charge is 0.491 e. The van der Waals surface area contributed by atoms with Gasteiger partial charge in [-0.25, -0.2) is 0 Å². The van der Waals surface area contributed by atoms with Crippen molar-refractivity contribution in [3.8, 4) is 5.75 Å². The van der Waals surface area contributed by atoms with E-state index in [0.29, 0.717) is 23.6 Å². The van der Waals surface area contributed by atoms with E-state index in [0.717, 1.165) is 5.56 Å². The van der Waals surface area contributed by atoms with Gasteiger partial charge in [-0.05, 0) is 48.4 Å². The fraction of sp³-hybridized carbons (Fsp3) is 0.267. The molecule has 3 N–H and O–H groups in total. The first-order chi connectivity index (χ1) is 9.63. The summed E-state index contributed by atoms with van der Waals surface area (Å²) >= 11 is 1.61. The maximum absolute atomic E-state index is 12.4. The molecule has 0 fully saturated rings. The molecule has 0 aliphatic heterocycles. The van der Waals surface area contributed by atoms with E-state index < -0.39 is 0 Å². The van der Waals surface area contributed by atoms with E-state index in [1.807, 2.05) is 30.7 Å². The summed E-state index contributed by atoms with van der Waals surface area (Å²) in [5, 5.41) is 6.97. The maximum Gasteiger partial charge on any atom is 0.255 e. The zero-order valence-electron chi connectivity index (χ0n) is 11.6. The molecule has 0 spiro atoms. The number of nitrogens with two attached hydrogens (primary N) is 1. The number of hydrogen-bond donors (Lipinski definition) is 2. The zero-order chi connectivity index (χ0) is 14.5. The molecule has 0 bridgehead atoms. The van der Waals surface area contributed by atoms with Crippen molar-refractivity contribution < 1.29 is 9.53 Å². The van der Waals surface area contributed by atoms with Gasteiger partial charge in [0.1, 0.15) is 0 Å². The van der Waals surface area contributed by atoms with E-state index in [2.05, 4.69) is 5.32 Å². The number of rotatable bonds is 5. The lowest BCUT2D eigenvalue weighted by Crippen LogP contribution is -2.27. The fourth-order valence-corrected chi connectivity index (χ4v) is 2.67. The molecule has 0 aliphatic carbocycles. The second-order valence-electron chi connectivity index (χ2n) is 4.41. The lowest BCUT2D eigenvalue weighted by Gasteiger charge is -2.16. The average molecular weight is 290 g/mol. The van der Waals surface area contributed by atoms with Gasteiger partial charge < -0.3 is 15.8 Å². The Balaban J connectivity index is 2.19. The second kappa shape index (κ2) is 6.43. The van der Waals surface area contributed by atoms with Crippen LogP contribution in [0, 0.1) is 0 Å². The van der Waals surface area contributed by atoms with Crippen molar-refractivity contribution in [2.24, 2.45) is 0 Å². The van der Waals surface area contributed by atoms with Gasteiger partial charge in [-0.1, -0.05) is 6.07 Å². The Morgan fingerprint density at radius 1 is 1.45 bits per heavy atom. The minimum Gasteiger partial charge on any atom is -0.491 e. The van der Waals surface area contributed by atoms with Crippen LogP contribution in [-0.2, 0) is 0 Å². The minimum atomic E-state index is -0.181. The quantitative estimate of drug-likeness (QED) is 0.831. The Bertz CT molecular complexity index is 582. The highest BCUT2D eigenvalue weighted by atomic mass is 32.1. The first-order valence-corrected chi connectivity index (χ1v) is 7.42. The van der Waals surface area contributed by atoms with Crippen molar-refractivity contribution in [3.63, 3.8) is 0 Å². The average Bonchev–Trinajstić information content (AvgIpc) is 2.95. The topological polar surface area (TPSA) is 64.3 Å². The molecular formula is C15H18N2O2S. The lowest BCUT2D eigenvalue weighted by molar-refractivity contribution is 0.0936. The molecule has 106 valence electrons. The smallest absolute Gasteiger partial charge is 0.255 e. The van der Waals surface area contributed by atoms with Crippen LogP contribution >= 0.6 is 11.3 Å². The third-order valence-electron chi connectivity index (χ3n) is 2.97. The third-order valence-corrected chi connectivity index (χ3v) is 3.67. The first kappa shape index (κ1) is 14.4. The zero-order valence-corrected chi connectivity index (χ0v) is 12.4. The van der Waals surface area contributed by atoms with Gasteiger partial charge in [0.2, 0.25) is 0 Å². The standard InChI is InChI=1S/C15H18N2O2S/c1-3-19-14-12(5-4-6-13(14)16)15(18)17-10(2)11-7-8-20-9-11/h4-10H,3,16H2,1-2H3,(H,17,18). The number of para-hydroxylation sites is 1. The van der Waals surface area contributed by atoms with Crippen LogP contribution in [0.2, 0.25) is 0 Å². The van der Waals surface area contributed by atoms with Crippen LogP contribution in [0.25, 0.3) is 0 Å². The summed E-state index contributed by atoms with van der Waals surface area (Å²) in [6.07, 6.45) is 0. The molecule has 0 radical (unpaired) electrons. The summed E-state index contributed by atoms with van der Waals surface area (Å²) in [5.74, 6) is 0.268. The highest BCUT2D eigenvalue weighted by molar-refractivity contribution is 7.07. The molecule has 0 saturated heterocycles. The van der Waals surface area contributed by atoms with E-state index in [1.54, 1.807) is 29.5 Å². The van der Waals surface area contributed by atoms with Crippen molar-refractivity contribution in [2.45, 2.75) is 19.9 Å². The molecule has 1 aromatic carbocycles. The van der Waals surface area contributed by atoms with Gasteiger partial charge in [0, 0.05) is 0 Å². The van der Waals surface area contributed by atoms with Crippen molar-refractivity contribution >= 4 is 22.9 Å². The van der Waals surface area contributed by atoms with Crippen molar-refractivity contribution in [3.05, 3.63) is 46.2 Å². The number of carbonyl (C=O) groups excluding carboxylic acids is 1.